The van der Waals surface area contributed by atoms with E-state index in [0.717, 1.165) is 0 Å². The smallest absolute Gasteiger partial charge is 0.404 e. The predicted octanol–water partition coefficient (Wildman–Crippen LogP) is -3.87. The molecule has 0 aromatic carbocycles. The van der Waals surface area contributed by atoms with Crippen LogP contribution in [0, 0.1) is 0 Å². The van der Waals surface area contributed by atoms with Crippen molar-refractivity contribution in [2.24, 2.45) is 27.2 Å². The van der Waals surface area contributed by atoms with Crippen molar-refractivity contribution in [2.75, 3.05) is 13.2 Å². The van der Waals surface area contributed by atoms with Crippen molar-refractivity contribution in [3.63, 3.8) is 0 Å². The summed E-state index contributed by atoms with van der Waals surface area (Å²) < 4.78 is 13.9. The maximum atomic E-state index is 10.9. The third-order valence-electron chi connectivity index (χ3n) is 4.36. The van der Waals surface area contributed by atoms with Gasteiger partial charge in [-0.1, -0.05) is 5.04 Å². The second-order valence-electron chi connectivity index (χ2n) is 5.67. The first-order chi connectivity index (χ1) is 12.2. The molecule has 0 aromatic heterocycles. The van der Waals surface area contributed by atoms with Crippen LogP contribution in [0.4, 0.5) is 4.79 Å². The van der Waals surface area contributed by atoms with Crippen molar-refractivity contribution in [1.82, 2.24) is 10.2 Å². The third kappa shape index (κ3) is 2.67. The molecule has 16 heteroatoms. The number of nitrogens with zero attached hydrogens (tertiary/aromatic N) is 3. The first-order valence-electron chi connectivity index (χ1n) is 7.13. The highest BCUT2D eigenvalue weighted by Gasteiger charge is 2.74. The molecule has 1 saturated heterocycles. The number of hydrogen-bond donors (Lipinski definition) is 7. The Morgan fingerprint density at radius 2 is 2.15 bits per heavy atom. The van der Waals surface area contributed by atoms with Crippen molar-refractivity contribution >= 4 is 30.3 Å². The zero-order chi connectivity index (χ0) is 19.1. The van der Waals surface area contributed by atoms with Crippen LogP contribution in [0.15, 0.2) is 9.98 Å². The zero-order valence-corrected chi connectivity index (χ0v) is 13.8. The van der Waals surface area contributed by atoms with Crippen molar-refractivity contribution in [3.8, 4) is 0 Å². The minimum Gasteiger partial charge on any atom is -0.447 e. The lowest BCUT2D eigenvalue weighted by molar-refractivity contribution is -0.434. The van der Waals surface area contributed by atoms with Crippen LogP contribution in [0.5, 0.6) is 0 Å². The molecule has 0 aliphatic carbocycles. The highest BCUT2D eigenvalue weighted by molar-refractivity contribution is 7.89. The number of hydrogen-bond acceptors (Lipinski definition) is 15. The Labute approximate surface area is 150 Å². The molecule has 1 unspecified atom stereocenters. The van der Waals surface area contributed by atoms with Crippen LogP contribution >= 0.6 is 12.3 Å². The fourth-order valence-corrected chi connectivity index (χ4v) is 3.73. The molecule has 1 spiro atoms. The maximum absolute atomic E-state index is 10.9. The Kier molecular flexibility index (Phi) is 4.73. The number of guanidine groups is 2. The molecule has 4 atom stereocenters. The molecular weight excluding hydrogens is 378 g/mol. The first kappa shape index (κ1) is 18.7. The molecule has 26 heavy (non-hydrogen) atoms. The second-order valence-corrected chi connectivity index (χ2v) is 6.13. The molecule has 1 fully saturated rings. The van der Waals surface area contributed by atoms with E-state index in [0.29, 0.717) is 0 Å². The predicted molar refractivity (Wildman–Crippen MR) is 83.4 cm³/mol. The molecule has 3 aliphatic rings. The largest absolute Gasteiger partial charge is 0.447 e. The van der Waals surface area contributed by atoms with Crippen molar-refractivity contribution in [1.29, 1.82) is 0 Å². The molecule has 3 aliphatic heterocycles. The number of rotatable bonds is 6. The van der Waals surface area contributed by atoms with Crippen LogP contribution in [0.2, 0.25) is 0 Å². The lowest BCUT2D eigenvalue weighted by Gasteiger charge is -2.48. The van der Waals surface area contributed by atoms with Gasteiger partial charge in [0.15, 0.2) is 36.0 Å². The number of carbonyl (C=O) groups is 1. The fourth-order valence-electron chi connectivity index (χ4n) is 3.38. The van der Waals surface area contributed by atoms with Gasteiger partial charge in [-0.15, -0.1) is 4.33 Å². The summed E-state index contributed by atoms with van der Waals surface area (Å²) in [6.07, 6.45) is -2.36. The summed E-state index contributed by atoms with van der Waals surface area (Å²) >= 11 is 0.164. The molecule has 0 aromatic rings. The number of nitrogens with one attached hydrogen (secondary N) is 1. The summed E-state index contributed by atoms with van der Waals surface area (Å²) in [6.45, 7) is -0.466. The average molecular weight is 395 g/mol. The molecule has 0 saturated carbocycles. The fraction of sp³-hybridized carbons (Fsp3) is 0.700. The van der Waals surface area contributed by atoms with Crippen LogP contribution in [0.25, 0.3) is 0 Å². The second kappa shape index (κ2) is 6.58. The molecule has 3 heterocycles. The van der Waals surface area contributed by atoms with Gasteiger partial charge < -0.3 is 42.4 Å². The van der Waals surface area contributed by atoms with Gasteiger partial charge in [0.2, 0.25) is 5.79 Å². The molecular formula is C10H17N7O8S. The molecule has 0 bridgehead atoms. The van der Waals surface area contributed by atoms with Gasteiger partial charge in [0.1, 0.15) is 18.7 Å². The van der Waals surface area contributed by atoms with Gasteiger partial charge in [0.05, 0.1) is 6.54 Å². The van der Waals surface area contributed by atoms with Gasteiger partial charge in [0.25, 0.3) is 0 Å². The van der Waals surface area contributed by atoms with Crippen LogP contribution in [0.1, 0.15) is 0 Å². The Hall–Kier alpha value is -2.08. The molecule has 1 amide bonds. The standard InChI is InChI=1S/C10H17N7O8S/c11-6-15-5-3(2-22-8(13)18)14-7(12)17-1-4(23-26-25-24-21)10(19,20)9(5,17)16-6/h3-5,19-21H,1-2H2,(H2,12,14)(H2,13,18)(H3,11,15,16)/t3-,4-,5-,9?/m0/s1. The number of aliphatic hydroxyl groups is 2. The van der Waals surface area contributed by atoms with Crippen molar-refractivity contribution in [3.05, 3.63) is 0 Å². The quantitative estimate of drug-likeness (QED) is 0.0750. The summed E-state index contributed by atoms with van der Waals surface area (Å²) in [5.74, 6) is -2.82. The van der Waals surface area contributed by atoms with Crippen molar-refractivity contribution in [2.45, 2.75) is 29.6 Å². The highest BCUT2D eigenvalue weighted by atomic mass is 32.2. The van der Waals surface area contributed by atoms with Gasteiger partial charge in [-0.2, -0.15) is 0 Å². The van der Waals surface area contributed by atoms with E-state index in [-0.39, 0.29) is 37.4 Å². The maximum Gasteiger partial charge on any atom is 0.404 e. The number of nitrogens with two attached hydrogens (primary N) is 3. The van der Waals surface area contributed by atoms with Crippen LogP contribution in [-0.4, -0.2) is 81.2 Å². The summed E-state index contributed by atoms with van der Waals surface area (Å²) in [5, 5.41) is 35.9. The van der Waals surface area contributed by atoms with Crippen LogP contribution < -0.4 is 22.5 Å². The average Bonchev–Trinajstić information content (AvgIpc) is 3.02. The normalized spacial score (nSPS) is 34.4. The minimum atomic E-state index is -2.61. The Morgan fingerprint density at radius 1 is 1.42 bits per heavy atom. The van der Waals surface area contributed by atoms with Crippen molar-refractivity contribution < 1.29 is 38.6 Å². The Morgan fingerprint density at radius 3 is 2.81 bits per heavy atom. The number of primary amides is 1. The Bertz CT molecular complexity index is 647. The molecule has 146 valence electrons. The Balaban J connectivity index is 1.93. The molecule has 0 radical (unpaired) electrons. The van der Waals surface area contributed by atoms with E-state index < -0.39 is 35.7 Å². The lowest BCUT2D eigenvalue weighted by atomic mass is 9.86. The van der Waals surface area contributed by atoms with E-state index in [4.69, 9.17) is 31.4 Å². The van der Waals surface area contributed by atoms with Crippen LogP contribution in [0.3, 0.4) is 0 Å². The van der Waals surface area contributed by atoms with E-state index in [9.17, 15) is 15.0 Å². The SMILES string of the molecule is NC(=O)OC[C@@H]1N=C(N)N2C[C@H](OSOOO)C(O)(O)C23NC(N)=N[C@@H]13. The molecule has 3 rings (SSSR count). The van der Waals surface area contributed by atoms with E-state index in [1.54, 1.807) is 0 Å². The van der Waals surface area contributed by atoms with Gasteiger partial charge in [-0.3, -0.25) is 4.18 Å². The summed E-state index contributed by atoms with van der Waals surface area (Å²) in [5.41, 5.74) is 14.9. The van der Waals surface area contributed by atoms with E-state index in [2.05, 4.69) is 24.7 Å². The van der Waals surface area contributed by atoms with E-state index in [1.165, 1.54) is 4.90 Å². The number of carbonyl (C=O) groups excluding carboxylic acids is 1. The van der Waals surface area contributed by atoms with Gasteiger partial charge in [-0.05, 0) is 0 Å². The zero-order valence-electron chi connectivity index (χ0n) is 13.0. The lowest BCUT2D eigenvalue weighted by Crippen LogP contribution is -2.77. The summed E-state index contributed by atoms with van der Waals surface area (Å²) in [6, 6.07) is -1.90. The monoisotopic (exact) mass is 395 g/mol. The van der Waals surface area contributed by atoms with E-state index >= 15 is 0 Å². The topological polar surface area (TPSA) is 233 Å². The van der Waals surface area contributed by atoms with E-state index in [1.807, 2.05) is 0 Å². The highest BCUT2D eigenvalue weighted by Crippen LogP contribution is 2.46. The number of ether oxygens (including phenoxy) is 1. The minimum absolute atomic E-state index is 0.0976. The van der Waals surface area contributed by atoms with Gasteiger partial charge >= 0.3 is 6.09 Å². The number of amides is 1. The third-order valence-corrected chi connectivity index (χ3v) is 4.79. The van der Waals surface area contributed by atoms with Gasteiger partial charge in [-0.25, -0.2) is 20.0 Å². The summed E-state index contributed by atoms with van der Waals surface area (Å²) in [7, 11) is 0. The summed E-state index contributed by atoms with van der Waals surface area (Å²) in [4.78, 5) is 20.5. The molecule has 10 N–H and O–H groups in total. The van der Waals surface area contributed by atoms with Gasteiger partial charge in [0, 0.05) is 0 Å². The number of aliphatic imine (C=N–C) groups is 2. The first-order valence-corrected chi connectivity index (χ1v) is 7.80. The molecule has 15 nitrogen and oxygen atoms in total. The van der Waals surface area contributed by atoms with Crippen LogP contribution in [-0.2, 0) is 18.3 Å².